The van der Waals surface area contributed by atoms with Crippen LogP contribution in [0.1, 0.15) is 44.6 Å². The molecule has 3 aromatic carbocycles. The van der Waals surface area contributed by atoms with Crippen molar-refractivity contribution in [3.63, 3.8) is 0 Å². The minimum absolute atomic E-state index is 0.0704. The van der Waals surface area contributed by atoms with Crippen molar-refractivity contribution in [1.82, 2.24) is 19.7 Å². The van der Waals surface area contributed by atoms with E-state index in [0.29, 0.717) is 45.0 Å². The quantitative estimate of drug-likeness (QED) is 0.300. The van der Waals surface area contributed by atoms with Gasteiger partial charge in [-0.05, 0) is 74.0 Å². The number of ketones is 2. The molecule has 2 heterocycles. The maximum atomic E-state index is 13.4. The minimum atomic E-state index is -0.328. The van der Waals surface area contributed by atoms with Crippen molar-refractivity contribution in [3.05, 3.63) is 94.9 Å². The highest BCUT2D eigenvalue weighted by atomic mass is 16.5. The van der Waals surface area contributed by atoms with Gasteiger partial charge in [-0.25, -0.2) is 9.67 Å². The molecule has 182 valence electrons. The summed E-state index contributed by atoms with van der Waals surface area (Å²) in [7, 11) is 1.72. The Morgan fingerprint density at radius 3 is 2.62 bits per heavy atom. The molecule has 0 aliphatic heterocycles. The van der Waals surface area contributed by atoms with Crippen LogP contribution in [0.15, 0.2) is 66.9 Å². The summed E-state index contributed by atoms with van der Waals surface area (Å²) >= 11 is 0. The molecule has 0 fully saturated rings. The first-order valence-corrected chi connectivity index (χ1v) is 11.5. The number of imidazole rings is 1. The molecule has 0 atom stereocenters. The molecule has 0 saturated carbocycles. The number of rotatable bonds is 7. The molecule has 9 nitrogen and oxygen atoms in total. The predicted octanol–water partition coefficient (Wildman–Crippen LogP) is 5.20. The summed E-state index contributed by atoms with van der Waals surface area (Å²) in [5, 5.41) is 16.6. The fourth-order valence-corrected chi connectivity index (χ4v) is 4.09. The van der Waals surface area contributed by atoms with E-state index >= 15 is 0 Å². The van der Waals surface area contributed by atoms with Gasteiger partial charge in [0.05, 0.1) is 40.1 Å². The van der Waals surface area contributed by atoms with Gasteiger partial charge in [0.25, 0.3) is 0 Å². The lowest BCUT2D eigenvalue weighted by atomic mass is 10.1. The molecule has 0 aliphatic carbocycles. The van der Waals surface area contributed by atoms with Gasteiger partial charge in [0.2, 0.25) is 5.78 Å². The predicted molar refractivity (Wildman–Crippen MR) is 139 cm³/mol. The van der Waals surface area contributed by atoms with E-state index in [1.54, 1.807) is 60.3 Å². The van der Waals surface area contributed by atoms with Crippen molar-refractivity contribution >= 4 is 28.4 Å². The van der Waals surface area contributed by atoms with Gasteiger partial charge in [-0.2, -0.15) is 10.4 Å². The first-order valence-electron chi connectivity index (χ1n) is 11.5. The normalized spacial score (nSPS) is 10.8. The van der Waals surface area contributed by atoms with E-state index < -0.39 is 0 Å². The van der Waals surface area contributed by atoms with Gasteiger partial charge in [0.15, 0.2) is 11.6 Å². The average molecular weight is 491 g/mol. The van der Waals surface area contributed by atoms with E-state index in [0.717, 1.165) is 11.3 Å². The molecule has 5 rings (SSSR count). The third-order valence-electron chi connectivity index (χ3n) is 5.95. The van der Waals surface area contributed by atoms with E-state index in [2.05, 4.69) is 26.5 Å². The van der Waals surface area contributed by atoms with Gasteiger partial charge >= 0.3 is 0 Å². The third-order valence-corrected chi connectivity index (χ3v) is 5.95. The zero-order valence-electron chi connectivity index (χ0n) is 20.4. The fourth-order valence-electron chi connectivity index (χ4n) is 4.09. The zero-order chi connectivity index (χ0) is 26.1. The van der Waals surface area contributed by atoms with E-state index in [-0.39, 0.29) is 17.4 Å². The van der Waals surface area contributed by atoms with Crippen molar-refractivity contribution in [2.75, 3.05) is 12.4 Å². The molecule has 0 radical (unpaired) electrons. The van der Waals surface area contributed by atoms with Crippen molar-refractivity contribution in [3.8, 4) is 23.3 Å². The molecule has 5 aromatic rings. The molecule has 2 aromatic heterocycles. The number of carbonyl (C=O) groups excluding carboxylic acids is 2. The molecule has 0 amide bonds. The number of aromatic amines is 1. The summed E-state index contributed by atoms with van der Waals surface area (Å²) in [6.07, 6.45) is 1.50. The number of nitrogens with zero attached hydrogens (tertiary/aromatic N) is 4. The number of anilines is 1. The Bertz CT molecular complexity index is 1720. The van der Waals surface area contributed by atoms with Crippen molar-refractivity contribution in [2.24, 2.45) is 0 Å². The highest BCUT2D eigenvalue weighted by molar-refractivity contribution is 6.11. The Labute approximate surface area is 212 Å². The molecule has 0 saturated heterocycles. The number of benzene rings is 3. The van der Waals surface area contributed by atoms with Gasteiger partial charge in [0, 0.05) is 12.6 Å². The number of aryl methyl sites for hydroxylation is 1. The number of carbonyl (C=O) groups is 2. The van der Waals surface area contributed by atoms with Crippen molar-refractivity contribution in [2.45, 2.75) is 13.8 Å². The Balaban J connectivity index is 1.45. The average Bonchev–Trinajstić information content (AvgIpc) is 3.52. The maximum absolute atomic E-state index is 13.4. The van der Waals surface area contributed by atoms with Gasteiger partial charge in [0.1, 0.15) is 17.3 Å². The van der Waals surface area contributed by atoms with E-state index in [1.165, 1.54) is 13.1 Å². The van der Waals surface area contributed by atoms with Gasteiger partial charge < -0.3 is 15.0 Å². The lowest BCUT2D eigenvalue weighted by molar-refractivity contribution is 0.101. The van der Waals surface area contributed by atoms with Crippen LogP contribution in [0.4, 0.5) is 5.82 Å². The molecule has 2 N–H and O–H groups in total. The zero-order valence-corrected chi connectivity index (χ0v) is 20.4. The molecular formula is C28H22N6O3. The third kappa shape index (κ3) is 4.44. The van der Waals surface area contributed by atoms with E-state index in [9.17, 15) is 9.59 Å². The number of aromatic nitrogens is 4. The largest absolute Gasteiger partial charge is 0.457 e. The number of H-pyrrole nitrogens is 1. The second-order valence-electron chi connectivity index (χ2n) is 8.46. The van der Waals surface area contributed by atoms with Crippen LogP contribution in [0.3, 0.4) is 0 Å². The first-order chi connectivity index (χ1) is 17.9. The lowest BCUT2D eigenvalue weighted by Crippen LogP contribution is -2.09. The second kappa shape index (κ2) is 9.43. The molecule has 0 spiro atoms. The summed E-state index contributed by atoms with van der Waals surface area (Å²) in [6, 6.07) is 19.7. The summed E-state index contributed by atoms with van der Waals surface area (Å²) in [5.41, 5.74) is 4.23. The molecule has 9 heteroatoms. The highest BCUT2D eigenvalue weighted by Gasteiger charge is 2.23. The second-order valence-corrected chi connectivity index (χ2v) is 8.46. The topological polar surface area (TPSA) is 126 Å². The highest BCUT2D eigenvalue weighted by Crippen LogP contribution is 2.29. The van der Waals surface area contributed by atoms with Crippen LogP contribution in [0.5, 0.6) is 11.5 Å². The Hall–Kier alpha value is -5.23. The summed E-state index contributed by atoms with van der Waals surface area (Å²) < 4.78 is 7.57. The number of hydrogen-bond acceptors (Lipinski definition) is 7. The molecule has 37 heavy (non-hydrogen) atoms. The Morgan fingerprint density at radius 2 is 1.89 bits per heavy atom. The molecule has 0 aliphatic rings. The van der Waals surface area contributed by atoms with Crippen molar-refractivity contribution in [1.29, 1.82) is 5.26 Å². The smallest absolute Gasteiger partial charge is 0.233 e. The number of nitriles is 1. The van der Waals surface area contributed by atoms with E-state index in [4.69, 9.17) is 10.00 Å². The standard InChI is InChI=1S/C28H22N6O3/c1-16-11-21(37-20-6-4-5-18(12-20)14-29)8-10-25(16)34-28(30-3)22(15-31-34)26(36)27-32-23-9-7-19(17(2)35)13-24(23)33-27/h4-13,15,30H,1-3H3,(H,32,33). The number of fused-ring (bicyclic) bond motifs is 1. The summed E-state index contributed by atoms with van der Waals surface area (Å²) in [6.45, 7) is 3.41. The number of ether oxygens (including phenoxy) is 1. The Kier molecular flexibility index (Phi) is 5.99. The number of hydrogen-bond donors (Lipinski definition) is 2. The van der Waals surface area contributed by atoms with Gasteiger partial charge in [-0.1, -0.05) is 6.07 Å². The first kappa shape index (κ1) is 23.5. The monoisotopic (exact) mass is 490 g/mol. The summed E-state index contributed by atoms with van der Waals surface area (Å²) in [4.78, 5) is 32.5. The van der Waals surface area contributed by atoms with E-state index in [1.807, 2.05) is 19.1 Å². The lowest BCUT2D eigenvalue weighted by Gasteiger charge is -2.13. The fraction of sp³-hybridized carbons (Fsp3) is 0.107. The van der Waals surface area contributed by atoms with Gasteiger partial charge in [-0.15, -0.1) is 0 Å². The van der Waals surface area contributed by atoms with Crippen molar-refractivity contribution < 1.29 is 14.3 Å². The molecular weight excluding hydrogens is 468 g/mol. The molecule has 0 bridgehead atoms. The van der Waals surface area contributed by atoms with Crippen LogP contribution in [-0.2, 0) is 0 Å². The minimum Gasteiger partial charge on any atom is -0.457 e. The van der Waals surface area contributed by atoms with Crippen LogP contribution >= 0.6 is 0 Å². The number of Topliss-reactive ketones (excluding diaryl/α,β-unsaturated/α-hetero) is 1. The van der Waals surface area contributed by atoms with Gasteiger partial charge in [-0.3, -0.25) is 9.59 Å². The summed E-state index contributed by atoms with van der Waals surface area (Å²) in [5.74, 6) is 1.44. The number of nitrogens with one attached hydrogen (secondary N) is 2. The van der Waals surface area contributed by atoms with Crippen LogP contribution in [0.2, 0.25) is 0 Å². The van der Waals surface area contributed by atoms with Crippen LogP contribution in [0, 0.1) is 18.3 Å². The SMILES string of the molecule is CNc1c(C(=O)c2nc3cc(C(C)=O)ccc3[nH]2)cnn1-c1ccc(Oc2cccc(C#N)c2)cc1C. The van der Waals surface area contributed by atoms with Crippen LogP contribution < -0.4 is 10.1 Å². The maximum Gasteiger partial charge on any atom is 0.233 e. The van der Waals surface area contributed by atoms with Crippen LogP contribution in [0.25, 0.3) is 16.7 Å². The molecule has 0 unspecified atom stereocenters. The Morgan fingerprint density at radius 1 is 1.08 bits per heavy atom. The van der Waals surface area contributed by atoms with Crippen LogP contribution in [-0.4, -0.2) is 38.4 Å².